The van der Waals surface area contributed by atoms with Crippen molar-refractivity contribution in [2.24, 2.45) is 0 Å². The highest BCUT2D eigenvalue weighted by Crippen LogP contribution is 2.40. The number of phenolic OH excluding ortho intramolecular Hbond substituents is 3. The molecule has 3 rings (SSSR count). The molecule has 0 spiro atoms. The number of hydrogen-bond donors (Lipinski definition) is 3. The Bertz CT molecular complexity index is 1110. The van der Waals surface area contributed by atoms with Crippen molar-refractivity contribution in [3.63, 3.8) is 0 Å². The van der Waals surface area contributed by atoms with E-state index in [0.717, 1.165) is 6.07 Å². The molecule has 7 heteroatoms. The van der Waals surface area contributed by atoms with Gasteiger partial charge in [0.15, 0.2) is 5.76 Å². The molecule has 7 nitrogen and oxygen atoms in total. The molecule has 0 aliphatic rings. The standard InChI is InChI=1S/C21H18O7/c1-3-7-26-16-10-13(23)11-17-18(16)19(25)21(27-8-4-2)20(28-17)14-6-5-12(22)9-15(14)24/h3-6,9-11,22-24H,1-2,7-8H2. The molecule has 0 saturated heterocycles. The maximum absolute atomic E-state index is 13.2. The summed E-state index contributed by atoms with van der Waals surface area (Å²) in [5.41, 5.74) is -0.380. The molecule has 1 aromatic heterocycles. The molecule has 0 atom stereocenters. The Morgan fingerprint density at radius 2 is 1.68 bits per heavy atom. The smallest absolute Gasteiger partial charge is 0.239 e. The average molecular weight is 382 g/mol. The molecule has 0 fully saturated rings. The third-order valence-electron chi connectivity index (χ3n) is 3.83. The summed E-state index contributed by atoms with van der Waals surface area (Å²) in [5, 5.41) is 29.8. The molecule has 28 heavy (non-hydrogen) atoms. The fourth-order valence-electron chi connectivity index (χ4n) is 2.68. The lowest BCUT2D eigenvalue weighted by Gasteiger charge is -2.14. The van der Waals surface area contributed by atoms with Crippen LogP contribution in [-0.4, -0.2) is 28.5 Å². The normalized spacial score (nSPS) is 10.6. The molecule has 0 aliphatic heterocycles. The molecule has 2 aromatic carbocycles. The zero-order chi connectivity index (χ0) is 20.3. The lowest BCUT2D eigenvalue weighted by Crippen LogP contribution is -2.11. The Balaban J connectivity index is 2.35. The average Bonchev–Trinajstić information content (AvgIpc) is 2.65. The summed E-state index contributed by atoms with van der Waals surface area (Å²) in [7, 11) is 0. The van der Waals surface area contributed by atoms with Gasteiger partial charge in [0.25, 0.3) is 0 Å². The molecule has 0 radical (unpaired) electrons. The van der Waals surface area contributed by atoms with Crippen LogP contribution in [0.4, 0.5) is 0 Å². The summed E-state index contributed by atoms with van der Waals surface area (Å²) >= 11 is 0. The van der Waals surface area contributed by atoms with Crippen LogP contribution >= 0.6 is 0 Å². The second-order valence-electron chi connectivity index (χ2n) is 5.81. The minimum atomic E-state index is -0.551. The summed E-state index contributed by atoms with van der Waals surface area (Å²) in [6.45, 7) is 7.25. The van der Waals surface area contributed by atoms with Crippen LogP contribution in [0.25, 0.3) is 22.3 Å². The zero-order valence-electron chi connectivity index (χ0n) is 14.8. The summed E-state index contributed by atoms with van der Waals surface area (Å²) in [6, 6.07) is 6.37. The predicted octanol–water partition coefficient (Wildman–Crippen LogP) is 3.71. The first kappa shape index (κ1) is 18.9. The van der Waals surface area contributed by atoms with Crippen molar-refractivity contribution in [2.75, 3.05) is 13.2 Å². The van der Waals surface area contributed by atoms with E-state index in [9.17, 15) is 20.1 Å². The Hall–Kier alpha value is -3.87. The molecule has 0 amide bonds. The van der Waals surface area contributed by atoms with E-state index in [4.69, 9.17) is 13.9 Å². The molecular formula is C21H18O7. The van der Waals surface area contributed by atoms with Crippen molar-refractivity contribution in [2.45, 2.75) is 0 Å². The van der Waals surface area contributed by atoms with E-state index in [-0.39, 0.29) is 64.3 Å². The monoisotopic (exact) mass is 382 g/mol. The fourth-order valence-corrected chi connectivity index (χ4v) is 2.68. The van der Waals surface area contributed by atoms with Crippen LogP contribution in [0.3, 0.4) is 0 Å². The number of phenols is 3. The van der Waals surface area contributed by atoms with Crippen molar-refractivity contribution in [3.05, 3.63) is 65.9 Å². The molecule has 0 bridgehead atoms. The van der Waals surface area contributed by atoms with E-state index < -0.39 is 5.43 Å². The van der Waals surface area contributed by atoms with Crippen LogP contribution in [0, 0.1) is 0 Å². The SMILES string of the molecule is C=CCOc1c(-c2ccc(O)cc2O)oc2cc(O)cc(OCC=C)c2c1=O. The van der Waals surface area contributed by atoms with Gasteiger partial charge in [-0.1, -0.05) is 25.3 Å². The van der Waals surface area contributed by atoms with Gasteiger partial charge in [0.05, 0.1) is 5.56 Å². The predicted molar refractivity (Wildman–Crippen MR) is 104 cm³/mol. The second-order valence-corrected chi connectivity index (χ2v) is 5.81. The topological polar surface area (TPSA) is 109 Å². The van der Waals surface area contributed by atoms with Gasteiger partial charge in [-0.25, -0.2) is 0 Å². The summed E-state index contributed by atoms with van der Waals surface area (Å²) in [6.07, 6.45) is 2.95. The number of rotatable bonds is 7. The number of benzene rings is 2. The van der Waals surface area contributed by atoms with Crippen LogP contribution < -0.4 is 14.9 Å². The zero-order valence-corrected chi connectivity index (χ0v) is 14.8. The molecule has 0 saturated carbocycles. The van der Waals surface area contributed by atoms with Crippen molar-refractivity contribution >= 4 is 11.0 Å². The van der Waals surface area contributed by atoms with Gasteiger partial charge in [-0.3, -0.25) is 4.79 Å². The fraction of sp³-hybridized carbons (Fsp3) is 0.0952. The minimum absolute atomic E-state index is 0.0169. The number of fused-ring (bicyclic) bond motifs is 1. The maximum atomic E-state index is 13.2. The van der Waals surface area contributed by atoms with Gasteiger partial charge in [-0.15, -0.1) is 0 Å². The largest absolute Gasteiger partial charge is 0.508 e. The highest BCUT2D eigenvalue weighted by molar-refractivity contribution is 5.89. The Morgan fingerprint density at radius 3 is 2.36 bits per heavy atom. The minimum Gasteiger partial charge on any atom is -0.508 e. The van der Waals surface area contributed by atoms with Crippen LogP contribution in [-0.2, 0) is 0 Å². The first-order valence-electron chi connectivity index (χ1n) is 8.29. The Kier molecular flexibility index (Phi) is 5.26. The van der Waals surface area contributed by atoms with E-state index in [1.165, 1.54) is 36.4 Å². The van der Waals surface area contributed by atoms with Gasteiger partial charge in [0.2, 0.25) is 11.2 Å². The van der Waals surface area contributed by atoms with Crippen LogP contribution in [0.5, 0.6) is 28.7 Å². The molecule has 1 heterocycles. The lowest BCUT2D eigenvalue weighted by atomic mass is 10.1. The van der Waals surface area contributed by atoms with E-state index in [1.807, 2.05) is 0 Å². The van der Waals surface area contributed by atoms with Crippen molar-refractivity contribution in [1.29, 1.82) is 0 Å². The highest BCUT2D eigenvalue weighted by Gasteiger charge is 2.23. The number of hydrogen-bond acceptors (Lipinski definition) is 7. The summed E-state index contributed by atoms with van der Waals surface area (Å²) < 4.78 is 16.8. The Morgan fingerprint density at radius 1 is 0.964 bits per heavy atom. The molecule has 0 unspecified atom stereocenters. The molecule has 0 aliphatic carbocycles. The van der Waals surface area contributed by atoms with Gasteiger partial charge in [-0.05, 0) is 12.1 Å². The van der Waals surface area contributed by atoms with Crippen molar-refractivity contribution < 1.29 is 29.2 Å². The van der Waals surface area contributed by atoms with Gasteiger partial charge in [0.1, 0.15) is 47.2 Å². The summed E-state index contributed by atoms with van der Waals surface area (Å²) in [5.74, 6) is -0.756. The molecule has 3 aromatic rings. The van der Waals surface area contributed by atoms with Crippen molar-refractivity contribution in [3.8, 4) is 40.1 Å². The van der Waals surface area contributed by atoms with E-state index in [2.05, 4.69) is 13.2 Å². The second kappa shape index (κ2) is 7.79. The first-order chi connectivity index (χ1) is 13.5. The van der Waals surface area contributed by atoms with Gasteiger partial charge < -0.3 is 29.2 Å². The molecule has 3 N–H and O–H groups in total. The van der Waals surface area contributed by atoms with E-state index in [1.54, 1.807) is 0 Å². The third kappa shape index (κ3) is 3.50. The number of ether oxygens (including phenoxy) is 2. The number of aromatic hydroxyl groups is 3. The highest BCUT2D eigenvalue weighted by atomic mass is 16.5. The van der Waals surface area contributed by atoms with Crippen LogP contribution in [0.1, 0.15) is 0 Å². The van der Waals surface area contributed by atoms with Gasteiger partial charge >= 0.3 is 0 Å². The maximum Gasteiger partial charge on any atom is 0.239 e. The molecular weight excluding hydrogens is 364 g/mol. The van der Waals surface area contributed by atoms with Crippen molar-refractivity contribution in [1.82, 2.24) is 0 Å². The van der Waals surface area contributed by atoms with E-state index >= 15 is 0 Å². The van der Waals surface area contributed by atoms with Crippen LogP contribution in [0.2, 0.25) is 0 Å². The first-order valence-corrected chi connectivity index (χ1v) is 8.29. The van der Waals surface area contributed by atoms with E-state index in [0.29, 0.717) is 0 Å². The van der Waals surface area contributed by atoms with Gasteiger partial charge in [-0.2, -0.15) is 0 Å². The third-order valence-corrected chi connectivity index (χ3v) is 3.83. The Labute approximate surface area is 160 Å². The molecule has 144 valence electrons. The quantitative estimate of drug-likeness (QED) is 0.535. The van der Waals surface area contributed by atoms with Gasteiger partial charge in [0, 0.05) is 18.2 Å². The summed E-state index contributed by atoms with van der Waals surface area (Å²) in [4.78, 5) is 13.2. The lowest BCUT2D eigenvalue weighted by molar-refractivity contribution is 0.347. The van der Waals surface area contributed by atoms with Crippen LogP contribution in [0.15, 0.2) is 64.9 Å².